The summed E-state index contributed by atoms with van der Waals surface area (Å²) in [7, 11) is 0. The summed E-state index contributed by atoms with van der Waals surface area (Å²) in [6.07, 6.45) is 0.241. The molecule has 0 bridgehead atoms. The molecule has 2 heterocycles. The van der Waals surface area contributed by atoms with Crippen LogP contribution in [-0.4, -0.2) is 71.1 Å². The molecule has 2 aliphatic rings. The molecule has 2 rings (SSSR count). The van der Waals surface area contributed by atoms with E-state index in [1.807, 2.05) is 0 Å². The Morgan fingerprint density at radius 2 is 2.00 bits per heavy atom. The molecule has 0 aliphatic carbocycles. The number of hydrogen-bond donors (Lipinski definition) is 2. The number of hydrogen-bond acceptors (Lipinski definition) is 4. The van der Waals surface area contributed by atoms with E-state index in [1.165, 1.54) is 6.92 Å². The van der Waals surface area contributed by atoms with Crippen molar-refractivity contribution in [3.63, 3.8) is 0 Å². The fourth-order valence-corrected chi connectivity index (χ4v) is 2.79. The van der Waals surface area contributed by atoms with Gasteiger partial charge in [0.15, 0.2) is 0 Å². The van der Waals surface area contributed by atoms with Crippen molar-refractivity contribution in [2.24, 2.45) is 5.92 Å². The van der Waals surface area contributed by atoms with Crippen LogP contribution in [-0.2, 0) is 9.59 Å². The molecular weight excluding hydrogens is 258 g/mol. The molecule has 2 amide bonds. The van der Waals surface area contributed by atoms with Crippen LogP contribution < -0.4 is 5.32 Å². The molecule has 6 nitrogen and oxygen atoms in total. The van der Waals surface area contributed by atoms with Crippen molar-refractivity contribution < 1.29 is 14.7 Å². The molecule has 0 aromatic rings. The summed E-state index contributed by atoms with van der Waals surface area (Å²) in [6.45, 7) is 8.82. The highest BCUT2D eigenvalue weighted by atomic mass is 16.3. The van der Waals surface area contributed by atoms with Crippen molar-refractivity contribution in [3.8, 4) is 0 Å². The van der Waals surface area contributed by atoms with Crippen molar-refractivity contribution in [2.75, 3.05) is 26.2 Å². The third kappa shape index (κ3) is 3.12. The smallest absolute Gasteiger partial charge is 0.248 e. The van der Waals surface area contributed by atoms with Crippen LogP contribution in [0.4, 0.5) is 0 Å². The van der Waals surface area contributed by atoms with Gasteiger partial charge in [0.1, 0.15) is 12.1 Å². The summed E-state index contributed by atoms with van der Waals surface area (Å²) in [5.41, 5.74) is 0. The van der Waals surface area contributed by atoms with Gasteiger partial charge in [0, 0.05) is 19.6 Å². The van der Waals surface area contributed by atoms with Crippen LogP contribution in [0, 0.1) is 5.92 Å². The van der Waals surface area contributed by atoms with Crippen LogP contribution in [0.2, 0.25) is 0 Å². The monoisotopic (exact) mass is 283 g/mol. The molecule has 2 saturated heterocycles. The van der Waals surface area contributed by atoms with E-state index in [0.717, 1.165) is 19.5 Å². The molecule has 0 spiro atoms. The van der Waals surface area contributed by atoms with Gasteiger partial charge in [-0.05, 0) is 25.8 Å². The maximum absolute atomic E-state index is 12.3. The second-order valence-corrected chi connectivity index (χ2v) is 6.26. The quantitative estimate of drug-likeness (QED) is 0.724. The van der Waals surface area contributed by atoms with Crippen LogP contribution in [0.3, 0.4) is 0 Å². The number of rotatable bonds is 4. The standard InChI is InChI=1S/C14H25N3O3/c1-9(2)4-5-16-6-7-17-11(8-16)13(19)15-12(10(3)18)14(17)20/h9-12,18H,4-8H2,1-3H3,(H,15,19)/t10-,11+,12+/m0/s1. The average Bonchev–Trinajstić information content (AvgIpc) is 2.40. The highest BCUT2D eigenvalue weighted by molar-refractivity contribution is 5.97. The predicted octanol–water partition coefficient (Wildman–Crippen LogP) is -0.575. The molecule has 0 radical (unpaired) electrons. The van der Waals surface area contributed by atoms with E-state index in [-0.39, 0.29) is 11.8 Å². The fourth-order valence-electron chi connectivity index (χ4n) is 2.79. The maximum atomic E-state index is 12.3. The lowest BCUT2D eigenvalue weighted by Gasteiger charge is -2.45. The molecule has 0 aromatic carbocycles. The molecule has 3 atom stereocenters. The summed E-state index contributed by atoms with van der Waals surface area (Å²) in [5.74, 6) is 0.326. The van der Waals surface area contributed by atoms with E-state index in [4.69, 9.17) is 0 Å². The summed E-state index contributed by atoms with van der Waals surface area (Å²) in [5, 5.41) is 12.2. The van der Waals surface area contributed by atoms with Crippen molar-refractivity contribution in [3.05, 3.63) is 0 Å². The van der Waals surface area contributed by atoms with Crippen LogP contribution >= 0.6 is 0 Å². The van der Waals surface area contributed by atoms with Gasteiger partial charge in [-0.25, -0.2) is 0 Å². The minimum atomic E-state index is -0.855. The molecule has 2 aliphatic heterocycles. The second-order valence-electron chi connectivity index (χ2n) is 6.26. The summed E-state index contributed by atoms with van der Waals surface area (Å²) < 4.78 is 0. The lowest BCUT2D eigenvalue weighted by molar-refractivity contribution is -0.155. The van der Waals surface area contributed by atoms with E-state index >= 15 is 0 Å². The number of piperazine rings is 2. The highest BCUT2D eigenvalue weighted by Crippen LogP contribution is 2.18. The Morgan fingerprint density at radius 1 is 1.30 bits per heavy atom. The summed E-state index contributed by atoms with van der Waals surface area (Å²) in [4.78, 5) is 28.3. The molecule has 114 valence electrons. The van der Waals surface area contributed by atoms with E-state index in [1.54, 1.807) is 4.90 Å². The number of nitrogens with zero attached hydrogens (tertiary/aromatic N) is 2. The zero-order valence-corrected chi connectivity index (χ0v) is 12.5. The molecular formula is C14H25N3O3. The zero-order chi connectivity index (χ0) is 14.9. The van der Waals surface area contributed by atoms with Gasteiger partial charge in [0.05, 0.1) is 6.10 Å². The lowest BCUT2D eigenvalue weighted by Crippen LogP contribution is -2.71. The number of carbonyl (C=O) groups is 2. The number of carbonyl (C=O) groups excluding carboxylic acids is 2. The third-order valence-corrected chi connectivity index (χ3v) is 4.12. The maximum Gasteiger partial charge on any atom is 0.248 e. The van der Waals surface area contributed by atoms with Crippen molar-refractivity contribution >= 4 is 11.8 Å². The van der Waals surface area contributed by atoms with Gasteiger partial charge in [-0.15, -0.1) is 0 Å². The van der Waals surface area contributed by atoms with Gasteiger partial charge in [-0.1, -0.05) is 13.8 Å². The molecule has 0 saturated carbocycles. The van der Waals surface area contributed by atoms with Crippen molar-refractivity contribution in [1.29, 1.82) is 0 Å². The minimum absolute atomic E-state index is 0.148. The molecule has 6 heteroatoms. The largest absolute Gasteiger partial charge is 0.391 e. The number of amides is 2. The number of nitrogens with one attached hydrogen (secondary N) is 1. The zero-order valence-electron chi connectivity index (χ0n) is 12.5. The normalized spacial score (nSPS) is 29.4. The van der Waals surface area contributed by atoms with Gasteiger partial charge in [-0.2, -0.15) is 0 Å². The summed E-state index contributed by atoms with van der Waals surface area (Å²) >= 11 is 0. The fraction of sp³-hybridized carbons (Fsp3) is 0.857. The first-order valence-electron chi connectivity index (χ1n) is 7.41. The van der Waals surface area contributed by atoms with Crippen LogP contribution in [0.15, 0.2) is 0 Å². The topological polar surface area (TPSA) is 72.9 Å². The Balaban J connectivity index is 1.99. The Labute approximate surface area is 120 Å². The SMILES string of the molecule is CC(C)CCN1CCN2C(=O)[C@@H]([C@H](C)O)NC(=O)[C@H]2C1. The van der Waals surface area contributed by atoms with Gasteiger partial charge in [0.25, 0.3) is 0 Å². The molecule has 2 fully saturated rings. The molecule has 0 unspecified atom stereocenters. The first-order chi connectivity index (χ1) is 9.40. The van der Waals surface area contributed by atoms with Gasteiger partial charge in [-0.3, -0.25) is 14.5 Å². The van der Waals surface area contributed by atoms with Gasteiger partial charge < -0.3 is 15.3 Å². The van der Waals surface area contributed by atoms with Crippen LogP contribution in [0.5, 0.6) is 0 Å². The Bertz CT molecular complexity index is 384. The molecule has 0 aromatic heterocycles. The van der Waals surface area contributed by atoms with Gasteiger partial charge >= 0.3 is 0 Å². The number of aliphatic hydroxyl groups is 1. The number of fused-ring (bicyclic) bond motifs is 1. The van der Waals surface area contributed by atoms with Crippen LogP contribution in [0.25, 0.3) is 0 Å². The Morgan fingerprint density at radius 3 is 2.60 bits per heavy atom. The Hall–Kier alpha value is -1.14. The van der Waals surface area contributed by atoms with Gasteiger partial charge in [0.2, 0.25) is 11.8 Å². The molecule has 20 heavy (non-hydrogen) atoms. The first kappa shape index (κ1) is 15.3. The number of aliphatic hydroxyl groups excluding tert-OH is 1. The Kier molecular flexibility index (Phi) is 4.65. The highest BCUT2D eigenvalue weighted by Gasteiger charge is 2.44. The van der Waals surface area contributed by atoms with E-state index in [9.17, 15) is 14.7 Å². The second kappa shape index (κ2) is 6.10. The van der Waals surface area contributed by atoms with E-state index in [2.05, 4.69) is 24.1 Å². The van der Waals surface area contributed by atoms with Crippen molar-refractivity contribution in [1.82, 2.24) is 15.1 Å². The average molecular weight is 283 g/mol. The van der Waals surface area contributed by atoms with E-state index in [0.29, 0.717) is 19.0 Å². The lowest BCUT2D eigenvalue weighted by atomic mass is 10.0. The van der Waals surface area contributed by atoms with Crippen molar-refractivity contribution in [2.45, 2.75) is 45.4 Å². The van der Waals surface area contributed by atoms with Crippen LogP contribution in [0.1, 0.15) is 27.2 Å². The molecule has 2 N–H and O–H groups in total. The predicted molar refractivity (Wildman–Crippen MR) is 75.0 cm³/mol. The first-order valence-corrected chi connectivity index (χ1v) is 7.41. The summed E-state index contributed by atoms with van der Waals surface area (Å²) in [6, 6.07) is -1.20. The minimum Gasteiger partial charge on any atom is -0.391 e. The third-order valence-electron chi connectivity index (χ3n) is 4.12. The van der Waals surface area contributed by atoms with E-state index < -0.39 is 18.2 Å².